The largest absolute Gasteiger partial charge is 0.497 e. The normalized spacial score (nSPS) is 14.9. The lowest BCUT2D eigenvalue weighted by molar-refractivity contribution is -0.126. The molecule has 1 atom stereocenters. The molecule has 0 bridgehead atoms. The Kier molecular flexibility index (Phi) is 7.47. The lowest BCUT2D eigenvalue weighted by Crippen LogP contribution is -2.41. The van der Waals surface area contributed by atoms with Crippen LogP contribution in [0.1, 0.15) is 31.4 Å². The van der Waals surface area contributed by atoms with Gasteiger partial charge in [0.2, 0.25) is 5.91 Å². The zero-order valence-corrected chi connectivity index (χ0v) is 19.7. The van der Waals surface area contributed by atoms with E-state index < -0.39 is 0 Å². The van der Waals surface area contributed by atoms with Gasteiger partial charge in [-0.2, -0.15) is 0 Å². The van der Waals surface area contributed by atoms with Gasteiger partial charge in [-0.25, -0.2) is 9.97 Å². The van der Waals surface area contributed by atoms with Gasteiger partial charge in [0.15, 0.2) is 5.82 Å². The number of anilines is 1. The lowest BCUT2D eigenvalue weighted by Gasteiger charge is -2.33. The third-order valence-electron chi connectivity index (χ3n) is 6.04. The fraction of sp³-hybridized carbons (Fsp3) is 0.346. The van der Waals surface area contributed by atoms with Crippen molar-refractivity contribution in [2.45, 2.75) is 25.8 Å². The molecule has 1 amide bonds. The van der Waals surface area contributed by atoms with E-state index in [0.717, 1.165) is 24.2 Å². The van der Waals surface area contributed by atoms with Crippen LogP contribution in [0.3, 0.4) is 0 Å². The van der Waals surface area contributed by atoms with Gasteiger partial charge >= 0.3 is 0 Å². The Hall–Kier alpha value is -3.81. The smallest absolute Gasteiger partial charge is 0.263 e. The number of benzene rings is 2. The molecular formula is C26H30N4O4. The molecule has 2 heterocycles. The molecule has 3 aromatic rings. The molecule has 178 valence electrons. The molecular weight excluding hydrogens is 432 g/mol. The van der Waals surface area contributed by atoms with E-state index in [-0.39, 0.29) is 17.9 Å². The fourth-order valence-corrected chi connectivity index (χ4v) is 4.04. The Labute approximate surface area is 199 Å². The first-order valence-corrected chi connectivity index (χ1v) is 11.4. The molecule has 0 unspecified atom stereocenters. The third-order valence-corrected chi connectivity index (χ3v) is 6.04. The Balaban J connectivity index is 1.35. The van der Waals surface area contributed by atoms with Crippen molar-refractivity contribution in [2.24, 2.45) is 5.92 Å². The number of rotatable bonds is 8. The van der Waals surface area contributed by atoms with E-state index >= 15 is 0 Å². The Morgan fingerprint density at radius 2 is 1.65 bits per heavy atom. The number of ether oxygens (including phenoxy) is 3. The van der Waals surface area contributed by atoms with Crippen LogP contribution in [0, 0.1) is 5.92 Å². The van der Waals surface area contributed by atoms with E-state index in [1.807, 2.05) is 49.4 Å². The van der Waals surface area contributed by atoms with E-state index in [1.54, 1.807) is 32.7 Å². The van der Waals surface area contributed by atoms with E-state index in [9.17, 15) is 4.79 Å². The van der Waals surface area contributed by atoms with Crippen molar-refractivity contribution in [1.82, 2.24) is 15.3 Å². The first kappa shape index (κ1) is 23.4. The summed E-state index contributed by atoms with van der Waals surface area (Å²) in [5.74, 6) is 3.28. The number of carbonyl (C=O) groups excluding carboxylic acids is 1. The monoisotopic (exact) mass is 462 g/mol. The van der Waals surface area contributed by atoms with Crippen molar-refractivity contribution >= 4 is 11.7 Å². The zero-order chi connectivity index (χ0) is 23.9. The van der Waals surface area contributed by atoms with Crippen LogP contribution in [0.5, 0.6) is 23.1 Å². The molecule has 1 N–H and O–H groups in total. The summed E-state index contributed by atoms with van der Waals surface area (Å²) in [6.45, 7) is 3.39. The average molecular weight is 463 g/mol. The summed E-state index contributed by atoms with van der Waals surface area (Å²) in [6.07, 6.45) is 4.73. The highest BCUT2D eigenvalue weighted by molar-refractivity contribution is 5.79. The number of nitrogens with zero attached hydrogens (tertiary/aromatic N) is 3. The summed E-state index contributed by atoms with van der Waals surface area (Å²) >= 11 is 0. The number of methoxy groups -OCH3 is 2. The highest BCUT2D eigenvalue weighted by Crippen LogP contribution is 2.32. The maximum absolute atomic E-state index is 12.9. The van der Waals surface area contributed by atoms with Crippen molar-refractivity contribution in [3.05, 3.63) is 66.5 Å². The molecule has 1 aromatic heterocycles. The molecule has 1 aliphatic heterocycles. The van der Waals surface area contributed by atoms with Crippen molar-refractivity contribution in [2.75, 3.05) is 32.2 Å². The Bertz CT molecular complexity index is 1100. The summed E-state index contributed by atoms with van der Waals surface area (Å²) in [5, 5.41) is 3.15. The summed E-state index contributed by atoms with van der Waals surface area (Å²) in [7, 11) is 3.26. The molecule has 34 heavy (non-hydrogen) atoms. The third kappa shape index (κ3) is 5.57. The van der Waals surface area contributed by atoms with Crippen LogP contribution < -0.4 is 24.4 Å². The number of hydrogen-bond donors (Lipinski definition) is 1. The molecule has 0 spiro atoms. The quantitative estimate of drug-likeness (QED) is 0.532. The van der Waals surface area contributed by atoms with Gasteiger partial charge in [0, 0.05) is 37.5 Å². The highest BCUT2D eigenvalue weighted by atomic mass is 16.5. The SMILES string of the molecule is COc1ccc([C@@H](C)NC(=O)C2CCN(c3nccnc3Oc3cccc(OC)c3)CC2)cc1. The van der Waals surface area contributed by atoms with Crippen LogP contribution in [0.2, 0.25) is 0 Å². The first-order valence-electron chi connectivity index (χ1n) is 11.4. The van der Waals surface area contributed by atoms with Gasteiger partial charge in [-0.3, -0.25) is 4.79 Å². The van der Waals surface area contributed by atoms with E-state index in [4.69, 9.17) is 14.2 Å². The topological polar surface area (TPSA) is 85.8 Å². The van der Waals surface area contributed by atoms with Gasteiger partial charge in [-0.1, -0.05) is 18.2 Å². The summed E-state index contributed by atoms with van der Waals surface area (Å²) in [5.41, 5.74) is 1.05. The predicted molar refractivity (Wildman–Crippen MR) is 130 cm³/mol. The molecule has 8 nitrogen and oxygen atoms in total. The van der Waals surface area contributed by atoms with Gasteiger partial charge in [-0.05, 0) is 49.6 Å². The average Bonchev–Trinajstić information content (AvgIpc) is 2.89. The molecule has 8 heteroatoms. The van der Waals surface area contributed by atoms with Gasteiger partial charge < -0.3 is 24.4 Å². The van der Waals surface area contributed by atoms with Crippen molar-refractivity contribution in [3.63, 3.8) is 0 Å². The standard InChI is InChI=1S/C26H30N4O4/c1-18(19-7-9-21(32-2)10-8-19)29-25(31)20-11-15-30(16-12-20)24-26(28-14-13-27-24)34-23-6-4-5-22(17-23)33-3/h4-10,13-14,17-18,20H,11-12,15-16H2,1-3H3,(H,29,31)/t18-/m1/s1. The Morgan fingerprint density at radius 1 is 0.971 bits per heavy atom. The molecule has 4 rings (SSSR count). The minimum Gasteiger partial charge on any atom is -0.497 e. The van der Waals surface area contributed by atoms with Gasteiger partial charge in [0.05, 0.1) is 20.3 Å². The second kappa shape index (κ2) is 10.9. The van der Waals surface area contributed by atoms with Gasteiger partial charge in [-0.15, -0.1) is 0 Å². The number of hydrogen-bond acceptors (Lipinski definition) is 7. The maximum Gasteiger partial charge on any atom is 0.263 e. The predicted octanol–water partition coefficient (Wildman–Crippen LogP) is 4.38. The van der Waals surface area contributed by atoms with Crippen LogP contribution in [0.25, 0.3) is 0 Å². The van der Waals surface area contributed by atoms with Crippen molar-refractivity contribution < 1.29 is 19.0 Å². The number of piperidine rings is 1. The highest BCUT2D eigenvalue weighted by Gasteiger charge is 2.28. The minimum absolute atomic E-state index is 0.0450. The second-order valence-corrected chi connectivity index (χ2v) is 8.23. The molecule has 1 saturated heterocycles. The molecule has 0 aliphatic carbocycles. The lowest BCUT2D eigenvalue weighted by atomic mass is 9.95. The van der Waals surface area contributed by atoms with E-state index in [0.29, 0.717) is 36.3 Å². The van der Waals surface area contributed by atoms with Crippen LogP contribution in [-0.4, -0.2) is 43.2 Å². The summed E-state index contributed by atoms with van der Waals surface area (Å²) in [4.78, 5) is 23.9. The van der Waals surface area contributed by atoms with Crippen LogP contribution in [0.4, 0.5) is 5.82 Å². The minimum atomic E-state index is -0.0701. The molecule has 1 aliphatic rings. The van der Waals surface area contributed by atoms with Crippen molar-refractivity contribution in [1.29, 1.82) is 0 Å². The zero-order valence-electron chi connectivity index (χ0n) is 19.7. The van der Waals surface area contributed by atoms with Crippen LogP contribution in [-0.2, 0) is 4.79 Å². The van der Waals surface area contributed by atoms with E-state index in [2.05, 4.69) is 20.2 Å². The van der Waals surface area contributed by atoms with Crippen molar-refractivity contribution in [3.8, 4) is 23.1 Å². The maximum atomic E-state index is 12.9. The molecule has 0 radical (unpaired) electrons. The van der Waals surface area contributed by atoms with Gasteiger partial charge in [0.1, 0.15) is 17.2 Å². The molecule has 2 aromatic carbocycles. The molecule has 1 fully saturated rings. The summed E-state index contributed by atoms with van der Waals surface area (Å²) in [6, 6.07) is 15.1. The Morgan fingerprint density at radius 3 is 2.35 bits per heavy atom. The number of amides is 1. The number of carbonyl (C=O) groups is 1. The van der Waals surface area contributed by atoms with Crippen LogP contribution >= 0.6 is 0 Å². The molecule has 0 saturated carbocycles. The van der Waals surface area contributed by atoms with E-state index in [1.165, 1.54) is 0 Å². The fourth-order valence-electron chi connectivity index (χ4n) is 4.04. The second-order valence-electron chi connectivity index (χ2n) is 8.23. The number of aromatic nitrogens is 2. The number of nitrogens with one attached hydrogen (secondary N) is 1. The van der Waals surface area contributed by atoms with Crippen LogP contribution in [0.15, 0.2) is 60.9 Å². The van der Waals surface area contributed by atoms with Gasteiger partial charge in [0.25, 0.3) is 5.88 Å². The summed E-state index contributed by atoms with van der Waals surface area (Å²) < 4.78 is 16.5. The first-order chi connectivity index (χ1) is 16.6.